The Labute approximate surface area is 99.1 Å². The number of hydrogen-bond acceptors (Lipinski definition) is 4. The lowest BCUT2D eigenvalue weighted by atomic mass is 10.3. The molecule has 0 unspecified atom stereocenters. The Balaban J connectivity index is 2.29. The molecule has 0 aliphatic heterocycles. The van der Waals surface area contributed by atoms with Gasteiger partial charge in [0, 0.05) is 25.8 Å². The van der Waals surface area contributed by atoms with Crippen molar-refractivity contribution < 1.29 is 4.39 Å². The van der Waals surface area contributed by atoms with Gasteiger partial charge in [-0.05, 0) is 24.3 Å². The summed E-state index contributed by atoms with van der Waals surface area (Å²) in [5.41, 5.74) is 0.868. The highest BCUT2D eigenvalue weighted by Gasteiger charge is 2.06. The summed E-state index contributed by atoms with van der Waals surface area (Å²) in [5.74, 6) is 1.24. The lowest BCUT2D eigenvalue weighted by Gasteiger charge is -2.18. The molecule has 1 aromatic carbocycles. The van der Waals surface area contributed by atoms with Crippen LogP contribution in [0, 0.1) is 5.82 Å². The molecular weight excluding hydrogens is 219 g/mol. The number of hydrogen-bond donors (Lipinski definition) is 1. The predicted octanol–water partition coefficient (Wildman–Crippen LogP) is 2.43. The lowest BCUT2D eigenvalue weighted by Crippen LogP contribution is -2.11. The largest absolute Gasteiger partial charge is 0.373 e. The van der Waals surface area contributed by atoms with Crippen molar-refractivity contribution >= 4 is 17.3 Å². The van der Waals surface area contributed by atoms with Crippen molar-refractivity contribution in [2.45, 2.75) is 0 Å². The number of nitrogens with one attached hydrogen (secondary N) is 1. The maximum Gasteiger partial charge on any atom is 0.138 e. The average Bonchev–Trinajstić information content (AvgIpc) is 2.39. The number of aromatic nitrogens is 2. The highest BCUT2D eigenvalue weighted by atomic mass is 19.1. The van der Waals surface area contributed by atoms with Crippen LogP contribution in [0.4, 0.5) is 21.7 Å². The van der Waals surface area contributed by atoms with Crippen molar-refractivity contribution in [2.75, 3.05) is 24.3 Å². The van der Waals surface area contributed by atoms with E-state index in [1.807, 2.05) is 18.0 Å². The van der Waals surface area contributed by atoms with Gasteiger partial charge >= 0.3 is 0 Å². The van der Waals surface area contributed by atoms with Crippen LogP contribution in [0.1, 0.15) is 0 Å². The molecule has 17 heavy (non-hydrogen) atoms. The third-order valence-electron chi connectivity index (χ3n) is 2.47. The van der Waals surface area contributed by atoms with Crippen LogP contribution in [-0.4, -0.2) is 24.1 Å². The van der Waals surface area contributed by atoms with Gasteiger partial charge in [-0.25, -0.2) is 14.4 Å². The minimum Gasteiger partial charge on any atom is -0.373 e. The Kier molecular flexibility index (Phi) is 3.18. The fourth-order valence-electron chi connectivity index (χ4n) is 1.46. The molecule has 1 heterocycles. The highest BCUT2D eigenvalue weighted by Crippen LogP contribution is 2.22. The third-order valence-corrected chi connectivity index (χ3v) is 2.47. The first-order valence-corrected chi connectivity index (χ1v) is 5.20. The van der Waals surface area contributed by atoms with E-state index in [0.29, 0.717) is 0 Å². The van der Waals surface area contributed by atoms with Crippen molar-refractivity contribution in [1.82, 2.24) is 9.97 Å². The normalized spacial score (nSPS) is 10.1. The van der Waals surface area contributed by atoms with E-state index in [9.17, 15) is 4.39 Å². The fraction of sp³-hybridized carbons (Fsp3) is 0.167. The highest BCUT2D eigenvalue weighted by molar-refractivity contribution is 5.61. The number of halogens is 1. The Morgan fingerprint density at radius 2 is 1.88 bits per heavy atom. The van der Waals surface area contributed by atoms with Gasteiger partial charge in [0.2, 0.25) is 0 Å². The molecule has 0 amide bonds. The second-order valence-electron chi connectivity index (χ2n) is 3.55. The van der Waals surface area contributed by atoms with Crippen LogP contribution in [0.3, 0.4) is 0 Å². The van der Waals surface area contributed by atoms with Gasteiger partial charge in [0.25, 0.3) is 0 Å². The van der Waals surface area contributed by atoms with E-state index < -0.39 is 0 Å². The Morgan fingerprint density at radius 1 is 1.18 bits per heavy atom. The molecule has 0 spiro atoms. The first-order chi connectivity index (χ1) is 8.20. The van der Waals surface area contributed by atoms with Crippen molar-refractivity contribution in [3.63, 3.8) is 0 Å². The smallest absolute Gasteiger partial charge is 0.138 e. The molecular formula is C12H13FN4. The van der Waals surface area contributed by atoms with Gasteiger partial charge in [-0.2, -0.15) is 0 Å². The monoisotopic (exact) mass is 232 g/mol. The van der Waals surface area contributed by atoms with Crippen LogP contribution in [-0.2, 0) is 0 Å². The van der Waals surface area contributed by atoms with Crippen LogP contribution in [0.25, 0.3) is 0 Å². The molecule has 0 aliphatic rings. The summed E-state index contributed by atoms with van der Waals surface area (Å²) in [5, 5.41) is 2.95. The molecule has 0 saturated heterocycles. The van der Waals surface area contributed by atoms with Gasteiger partial charge in [-0.3, -0.25) is 0 Å². The second-order valence-corrected chi connectivity index (χ2v) is 3.55. The molecule has 1 aromatic heterocycles. The van der Waals surface area contributed by atoms with Gasteiger partial charge in [0.1, 0.15) is 23.8 Å². The molecule has 0 radical (unpaired) electrons. The summed E-state index contributed by atoms with van der Waals surface area (Å²) in [7, 11) is 3.67. The molecule has 0 aliphatic carbocycles. The SMILES string of the molecule is CNc1cc(N(C)c2ccc(F)cc2)ncn1. The topological polar surface area (TPSA) is 41.0 Å². The molecule has 4 nitrogen and oxygen atoms in total. The van der Waals surface area contributed by atoms with E-state index in [-0.39, 0.29) is 5.82 Å². The molecule has 0 saturated carbocycles. The zero-order valence-corrected chi connectivity index (χ0v) is 9.68. The summed E-state index contributed by atoms with van der Waals surface area (Å²) >= 11 is 0. The van der Waals surface area contributed by atoms with Crippen molar-refractivity contribution in [1.29, 1.82) is 0 Å². The minimum atomic E-state index is -0.249. The van der Waals surface area contributed by atoms with Crippen LogP contribution in [0.5, 0.6) is 0 Å². The number of rotatable bonds is 3. The maximum atomic E-state index is 12.8. The van der Waals surface area contributed by atoms with E-state index in [0.717, 1.165) is 17.3 Å². The van der Waals surface area contributed by atoms with Crippen LogP contribution in [0.2, 0.25) is 0 Å². The van der Waals surface area contributed by atoms with Crippen molar-refractivity contribution in [3.05, 3.63) is 42.5 Å². The van der Waals surface area contributed by atoms with E-state index in [2.05, 4.69) is 15.3 Å². The third kappa shape index (κ3) is 2.50. The van der Waals surface area contributed by atoms with E-state index in [1.165, 1.54) is 18.5 Å². The predicted molar refractivity (Wildman–Crippen MR) is 66.0 cm³/mol. The van der Waals surface area contributed by atoms with E-state index in [1.54, 1.807) is 19.2 Å². The molecule has 0 fully saturated rings. The quantitative estimate of drug-likeness (QED) is 0.882. The molecule has 0 atom stereocenters. The Hall–Kier alpha value is -2.17. The summed E-state index contributed by atoms with van der Waals surface area (Å²) in [6.07, 6.45) is 1.49. The van der Waals surface area contributed by atoms with Gasteiger partial charge in [-0.15, -0.1) is 0 Å². The molecule has 88 valence electrons. The van der Waals surface area contributed by atoms with E-state index in [4.69, 9.17) is 0 Å². The molecule has 0 bridgehead atoms. The molecule has 5 heteroatoms. The number of benzene rings is 1. The number of nitrogens with zero attached hydrogens (tertiary/aromatic N) is 3. The zero-order chi connectivity index (χ0) is 12.3. The molecule has 2 rings (SSSR count). The van der Waals surface area contributed by atoms with Crippen LogP contribution >= 0.6 is 0 Å². The van der Waals surface area contributed by atoms with Gasteiger partial charge < -0.3 is 10.2 Å². The average molecular weight is 232 g/mol. The standard InChI is InChI=1S/C12H13FN4/c1-14-11-7-12(16-8-15-11)17(2)10-5-3-9(13)4-6-10/h3-8H,1-2H3,(H,14,15,16). The summed E-state index contributed by atoms with van der Waals surface area (Å²) in [6, 6.07) is 8.08. The van der Waals surface area contributed by atoms with Crippen molar-refractivity contribution in [2.24, 2.45) is 0 Å². The summed E-state index contributed by atoms with van der Waals surface area (Å²) in [4.78, 5) is 10.1. The first kappa shape index (κ1) is 11.3. The van der Waals surface area contributed by atoms with Gasteiger partial charge in [0.15, 0.2) is 0 Å². The van der Waals surface area contributed by atoms with Crippen molar-refractivity contribution in [3.8, 4) is 0 Å². The Bertz CT molecular complexity index is 498. The number of anilines is 3. The second kappa shape index (κ2) is 4.78. The lowest BCUT2D eigenvalue weighted by molar-refractivity contribution is 0.628. The van der Waals surface area contributed by atoms with Gasteiger partial charge in [0.05, 0.1) is 0 Å². The van der Waals surface area contributed by atoms with Gasteiger partial charge in [-0.1, -0.05) is 0 Å². The van der Waals surface area contributed by atoms with Crippen LogP contribution < -0.4 is 10.2 Å². The summed E-state index contributed by atoms with van der Waals surface area (Å²) < 4.78 is 12.8. The Morgan fingerprint density at radius 3 is 2.53 bits per heavy atom. The maximum absolute atomic E-state index is 12.8. The summed E-state index contributed by atoms with van der Waals surface area (Å²) in [6.45, 7) is 0. The van der Waals surface area contributed by atoms with E-state index >= 15 is 0 Å². The molecule has 2 aromatic rings. The fourth-order valence-corrected chi connectivity index (χ4v) is 1.46. The van der Waals surface area contributed by atoms with Crippen LogP contribution in [0.15, 0.2) is 36.7 Å². The zero-order valence-electron chi connectivity index (χ0n) is 9.68. The molecule has 1 N–H and O–H groups in total. The minimum absolute atomic E-state index is 0.249. The first-order valence-electron chi connectivity index (χ1n) is 5.20.